The first-order valence-electron chi connectivity index (χ1n) is 7.82. The van der Waals surface area contributed by atoms with Gasteiger partial charge in [-0.25, -0.2) is 9.78 Å². The van der Waals surface area contributed by atoms with Crippen molar-refractivity contribution in [2.45, 2.75) is 13.0 Å². The van der Waals surface area contributed by atoms with Crippen LogP contribution in [0.2, 0.25) is 5.02 Å². The number of methoxy groups -OCH3 is 1. The maximum atomic E-state index is 12.2. The Labute approximate surface area is 161 Å². The van der Waals surface area contributed by atoms with Gasteiger partial charge in [0.05, 0.1) is 12.1 Å². The number of nitrogens with one attached hydrogen (secondary N) is 1. The number of anilines is 1. The van der Waals surface area contributed by atoms with Crippen LogP contribution in [0.5, 0.6) is 5.75 Å². The lowest BCUT2D eigenvalue weighted by molar-refractivity contribution is -0.148. The maximum Gasteiger partial charge on any atom is 0.349 e. The molecule has 0 aliphatic carbocycles. The summed E-state index contributed by atoms with van der Waals surface area (Å²) in [5.74, 6) is -0.573. The molecule has 7 nitrogen and oxygen atoms in total. The zero-order valence-electron chi connectivity index (χ0n) is 14.6. The number of pyridine rings is 1. The Morgan fingerprint density at radius 3 is 2.52 bits per heavy atom. The molecule has 1 N–H and O–H groups in total. The quantitative estimate of drug-likeness (QED) is 0.465. The molecule has 1 amide bonds. The maximum absolute atomic E-state index is 12.2. The number of aromatic nitrogens is 1. The summed E-state index contributed by atoms with van der Waals surface area (Å²) in [4.78, 5) is 28.2. The second-order valence-electron chi connectivity index (χ2n) is 5.34. The minimum absolute atomic E-state index is 0.232. The average molecular weight is 386 g/mol. The molecular weight excluding hydrogens is 370 g/mol. The van der Waals surface area contributed by atoms with Gasteiger partial charge in [-0.3, -0.25) is 4.79 Å². The van der Waals surface area contributed by atoms with Gasteiger partial charge in [-0.2, -0.15) is 5.26 Å². The van der Waals surface area contributed by atoms with E-state index in [2.05, 4.69) is 10.3 Å². The number of hydrogen-bond acceptors (Lipinski definition) is 6. The van der Waals surface area contributed by atoms with Crippen molar-refractivity contribution in [2.24, 2.45) is 0 Å². The predicted octanol–water partition coefficient (Wildman–Crippen LogP) is 3.22. The summed E-state index contributed by atoms with van der Waals surface area (Å²) in [6.07, 6.45) is 1.62. The number of carbonyl (C=O) groups excluding carboxylic acids is 2. The molecule has 138 valence electrons. The van der Waals surface area contributed by atoms with Gasteiger partial charge in [-0.05, 0) is 42.8 Å². The molecule has 2 rings (SSSR count). The third-order valence-electron chi connectivity index (χ3n) is 3.40. The SMILES string of the molecule is COc1ccc(/C=C(\C#N)C(=O)OC(C)C(=O)Nc2ccc(Cl)cn2)cc1. The highest BCUT2D eigenvalue weighted by atomic mass is 35.5. The number of benzene rings is 1. The zero-order chi connectivity index (χ0) is 19.8. The lowest BCUT2D eigenvalue weighted by Gasteiger charge is -2.12. The normalized spacial score (nSPS) is 11.9. The van der Waals surface area contributed by atoms with Crippen molar-refractivity contribution in [2.75, 3.05) is 12.4 Å². The fourth-order valence-corrected chi connectivity index (χ4v) is 2.07. The van der Waals surface area contributed by atoms with Crippen molar-refractivity contribution < 1.29 is 19.1 Å². The Morgan fingerprint density at radius 2 is 1.96 bits per heavy atom. The summed E-state index contributed by atoms with van der Waals surface area (Å²) in [6.45, 7) is 1.39. The van der Waals surface area contributed by atoms with E-state index in [4.69, 9.17) is 21.1 Å². The first-order chi connectivity index (χ1) is 12.9. The molecule has 1 atom stereocenters. The van der Waals surface area contributed by atoms with Crippen LogP contribution < -0.4 is 10.1 Å². The molecule has 0 bridgehead atoms. The van der Waals surface area contributed by atoms with Gasteiger partial charge in [0.2, 0.25) is 0 Å². The smallest absolute Gasteiger partial charge is 0.349 e. The number of nitrogens with zero attached hydrogens (tertiary/aromatic N) is 2. The van der Waals surface area contributed by atoms with E-state index >= 15 is 0 Å². The highest BCUT2D eigenvalue weighted by Gasteiger charge is 2.21. The van der Waals surface area contributed by atoms with E-state index in [0.717, 1.165) is 0 Å². The van der Waals surface area contributed by atoms with Crippen LogP contribution in [0.25, 0.3) is 6.08 Å². The van der Waals surface area contributed by atoms with Gasteiger partial charge in [0.15, 0.2) is 6.10 Å². The minimum Gasteiger partial charge on any atom is -0.497 e. The molecule has 0 spiro atoms. The summed E-state index contributed by atoms with van der Waals surface area (Å²) >= 11 is 5.73. The van der Waals surface area contributed by atoms with E-state index < -0.39 is 18.0 Å². The monoisotopic (exact) mass is 385 g/mol. The summed E-state index contributed by atoms with van der Waals surface area (Å²) in [5, 5.41) is 12.1. The average Bonchev–Trinajstić information content (AvgIpc) is 2.68. The molecule has 8 heteroatoms. The van der Waals surface area contributed by atoms with Crippen molar-refractivity contribution in [3.05, 3.63) is 58.8 Å². The number of esters is 1. The third-order valence-corrected chi connectivity index (χ3v) is 3.62. The van der Waals surface area contributed by atoms with E-state index in [-0.39, 0.29) is 11.4 Å². The van der Waals surface area contributed by atoms with Gasteiger partial charge in [0, 0.05) is 6.20 Å². The predicted molar refractivity (Wildman–Crippen MR) is 100 cm³/mol. The van der Waals surface area contributed by atoms with Crippen LogP contribution in [-0.4, -0.2) is 30.1 Å². The Kier molecular flexibility index (Phi) is 6.92. The van der Waals surface area contributed by atoms with Crippen molar-refractivity contribution in [3.63, 3.8) is 0 Å². The van der Waals surface area contributed by atoms with Crippen LogP contribution in [0.1, 0.15) is 12.5 Å². The van der Waals surface area contributed by atoms with E-state index in [1.807, 2.05) is 0 Å². The number of nitriles is 1. The number of rotatable bonds is 6. The van der Waals surface area contributed by atoms with Crippen LogP contribution in [-0.2, 0) is 14.3 Å². The minimum atomic E-state index is -1.12. The Hall–Kier alpha value is -3.37. The van der Waals surface area contributed by atoms with Gasteiger partial charge >= 0.3 is 5.97 Å². The highest BCUT2D eigenvalue weighted by molar-refractivity contribution is 6.30. The largest absolute Gasteiger partial charge is 0.497 e. The molecule has 1 heterocycles. The lowest BCUT2D eigenvalue weighted by atomic mass is 10.1. The van der Waals surface area contributed by atoms with Crippen LogP contribution in [0, 0.1) is 11.3 Å². The van der Waals surface area contributed by atoms with Crippen molar-refractivity contribution in [3.8, 4) is 11.8 Å². The van der Waals surface area contributed by atoms with E-state index in [9.17, 15) is 14.9 Å². The highest BCUT2D eigenvalue weighted by Crippen LogP contribution is 2.15. The van der Waals surface area contributed by atoms with E-state index in [0.29, 0.717) is 16.3 Å². The number of hydrogen-bond donors (Lipinski definition) is 1. The van der Waals surface area contributed by atoms with Crippen LogP contribution in [0.3, 0.4) is 0 Å². The standard InChI is InChI=1S/C19H16ClN3O4/c1-12(18(24)23-17-8-5-15(20)11-22-17)27-19(25)14(10-21)9-13-3-6-16(26-2)7-4-13/h3-9,11-12H,1-2H3,(H,22,23,24)/b14-9+. The van der Waals surface area contributed by atoms with Crippen molar-refractivity contribution in [1.29, 1.82) is 5.26 Å². The fraction of sp³-hybridized carbons (Fsp3) is 0.158. The molecule has 2 aromatic rings. The first kappa shape index (κ1) is 19.9. The van der Waals surface area contributed by atoms with Gasteiger partial charge in [0.1, 0.15) is 23.2 Å². The topological polar surface area (TPSA) is 101 Å². The van der Waals surface area contributed by atoms with Crippen LogP contribution >= 0.6 is 11.6 Å². The lowest BCUT2D eigenvalue weighted by Crippen LogP contribution is -2.30. The summed E-state index contributed by atoms with van der Waals surface area (Å²) < 4.78 is 10.1. The Bertz CT molecular complexity index is 887. The molecule has 27 heavy (non-hydrogen) atoms. The molecular formula is C19H16ClN3O4. The summed E-state index contributed by atoms with van der Waals surface area (Å²) in [6, 6.07) is 11.6. The van der Waals surface area contributed by atoms with Crippen LogP contribution in [0.15, 0.2) is 48.2 Å². The van der Waals surface area contributed by atoms with Gasteiger partial charge < -0.3 is 14.8 Å². The van der Waals surface area contributed by atoms with Gasteiger partial charge in [-0.15, -0.1) is 0 Å². The molecule has 1 aromatic heterocycles. The molecule has 0 saturated carbocycles. The number of amides is 1. The molecule has 1 unspecified atom stereocenters. The Morgan fingerprint density at radius 1 is 1.26 bits per heavy atom. The number of carbonyl (C=O) groups is 2. The summed E-state index contributed by atoms with van der Waals surface area (Å²) in [5.41, 5.74) is 0.385. The van der Waals surface area contributed by atoms with Crippen LogP contribution in [0.4, 0.5) is 5.82 Å². The number of halogens is 1. The summed E-state index contributed by atoms with van der Waals surface area (Å²) in [7, 11) is 1.54. The molecule has 0 fully saturated rings. The third kappa shape index (κ3) is 5.83. The molecule has 1 aromatic carbocycles. The molecule has 0 aliphatic heterocycles. The zero-order valence-corrected chi connectivity index (χ0v) is 15.4. The fourth-order valence-electron chi connectivity index (χ4n) is 1.96. The molecule has 0 saturated heterocycles. The van der Waals surface area contributed by atoms with E-state index in [1.54, 1.807) is 36.4 Å². The Balaban J connectivity index is 2.01. The van der Waals surface area contributed by atoms with E-state index in [1.165, 1.54) is 32.4 Å². The number of ether oxygens (including phenoxy) is 2. The second-order valence-corrected chi connectivity index (χ2v) is 5.78. The van der Waals surface area contributed by atoms with Gasteiger partial charge in [0.25, 0.3) is 5.91 Å². The van der Waals surface area contributed by atoms with Crippen molar-refractivity contribution in [1.82, 2.24) is 4.98 Å². The molecule has 0 radical (unpaired) electrons. The molecule has 0 aliphatic rings. The van der Waals surface area contributed by atoms with Gasteiger partial charge in [-0.1, -0.05) is 23.7 Å². The van der Waals surface area contributed by atoms with Crippen molar-refractivity contribution >= 4 is 35.4 Å². The first-order valence-corrected chi connectivity index (χ1v) is 8.20. The second kappa shape index (κ2) is 9.36.